The maximum atomic E-state index is 13.0. The van der Waals surface area contributed by atoms with Gasteiger partial charge in [-0.2, -0.15) is 0 Å². The number of imidazole rings is 2. The summed E-state index contributed by atoms with van der Waals surface area (Å²) in [6, 6.07) is 31.2. The first kappa shape index (κ1) is 18.3. The van der Waals surface area contributed by atoms with E-state index in [0.29, 0.717) is 11.1 Å². The molecule has 0 atom stereocenters. The number of benzene rings is 4. The molecule has 5 heteroatoms. The predicted molar refractivity (Wildman–Crippen MR) is 126 cm³/mol. The van der Waals surface area contributed by atoms with Crippen LogP contribution in [-0.4, -0.2) is 24.9 Å². The molecule has 6 rings (SSSR count). The SMILES string of the molecule is O=C(c1ccc(-n2cnc3ccccc32)cc1)c1ccc(-n2cnc3ccccc32)cc1. The third kappa shape index (κ3) is 2.99. The van der Waals surface area contributed by atoms with Crippen molar-refractivity contribution in [3.8, 4) is 11.4 Å². The van der Waals surface area contributed by atoms with Crippen LogP contribution in [0.25, 0.3) is 33.4 Å². The molecule has 0 fully saturated rings. The molecule has 0 unspecified atom stereocenters. The Balaban J connectivity index is 1.27. The summed E-state index contributed by atoms with van der Waals surface area (Å²) in [5, 5.41) is 0. The van der Waals surface area contributed by atoms with Gasteiger partial charge in [0.2, 0.25) is 0 Å². The lowest BCUT2D eigenvalue weighted by Crippen LogP contribution is -2.02. The lowest BCUT2D eigenvalue weighted by Gasteiger charge is -2.08. The largest absolute Gasteiger partial charge is 0.299 e. The summed E-state index contributed by atoms with van der Waals surface area (Å²) >= 11 is 0. The summed E-state index contributed by atoms with van der Waals surface area (Å²) in [5.74, 6) is -0.00548. The molecule has 6 aromatic rings. The number of ketones is 1. The van der Waals surface area contributed by atoms with Crippen molar-refractivity contribution < 1.29 is 4.79 Å². The molecule has 0 saturated carbocycles. The van der Waals surface area contributed by atoms with Crippen LogP contribution in [0.5, 0.6) is 0 Å². The molecule has 2 aromatic heterocycles. The van der Waals surface area contributed by atoms with E-state index in [1.165, 1.54) is 0 Å². The predicted octanol–water partition coefficient (Wildman–Crippen LogP) is 5.60. The van der Waals surface area contributed by atoms with Gasteiger partial charge in [-0.1, -0.05) is 24.3 Å². The summed E-state index contributed by atoms with van der Waals surface area (Å²) in [6.45, 7) is 0. The molecule has 0 spiro atoms. The highest BCUT2D eigenvalue weighted by Gasteiger charge is 2.11. The quantitative estimate of drug-likeness (QED) is 0.353. The molecule has 5 nitrogen and oxygen atoms in total. The maximum absolute atomic E-state index is 13.0. The normalized spacial score (nSPS) is 11.2. The minimum Gasteiger partial charge on any atom is -0.299 e. The lowest BCUT2D eigenvalue weighted by atomic mass is 10.0. The van der Waals surface area contributed by atoms with Crippen molar-refractivity contribution in [3.63, 3.8) is 0 Å². The van der Waals surface area contributed by atoms with Gasteiger partial charge in [-0.25, -0.2) is 9.97 Å². The van der Waals surface area contributed by atoms with E-state index in [0.717, 1.165) is 33.4 Å². The second kappa shape index (κ2) is 7.32. The third-order valence-electron chi connectivity index (χ3n) is 5.72. The Morgan fingerprint density at radius 2 is 0.938 bits per heavy atom. The molecule has 0 radical (unpaired) electrons. The molecule has 0 amide bonds. The van der Waals surface area contributed by atoms with Crippen molar-refractivity contribution in [1.82, 2.24) is 19.1 Å². The standard InChI is InChI=1S/C27H18N4O/c32-27(19-9-13-21(14-10-19)30-17-28-23-5-1-3-7-25(23)30)20-11-15-22(16-12-20)31-18-29-24-6-2-4-8-26(24)31/h1-18H. The van der Waals surface area contributed by atoms with E-state index in [4.69, 9.17) is 0 Å². The minimum absolute atomic E-state index is 0.00548. The Labute approximate surface area is 184 Å². The zero-order chi connectivity index (χ0) is 21.5. The monoisotopic (exact) mass is 414 g/mol. The van der Waals surface area contributed by atoms with Crippen LogP contribution in [0.15, 0.2) is 110 Å². The van der Waals surface area contributed by atoms with Crippen molar-refractivity contribution in [1.29, 1.82) is 0 Å². The summed E-state index contributed by atoms with van der Waals surface area (Å²) < 4.78 is 4.04. The zero-order valence-corrected chi connectivity index (χ0v) is 17.1. The van der Waals surface area contributed by atoms with E-state index in [1.807, 2.05) is 106 Å². The van der Waals surface area contributed by atoms with E-state index < -0.39 is 0 Å². The van der Waals surface area contributed by atoms with Crippen LogP contribution in [0.2, 0.25) is 0 Å². The number of hydrogen-bond acceptors (Lipinski definition) is 3. The van der Waals surface area contributed by atoms with E-state index in [-0.39, 0.29) is 5.78 Å². The van der Waals surface area contributed by atoms with E-state index in [1.54, 1.807) is 12.7 Å². The summed E-state index contributed by atoms with van der Waals surface area (Å²) in [7, 11) is 0. The molecular weight excluding hydrogens is 396 g/mol. The van der Waals surface area contributed by atoms with Crippen LogP contribution in [0, 0.1) is 0 Å². The van der Waals surface area contributed by atoms with Gasteiger partial charge in [0.15, 0.2) is 5.78 Å². The first-order valence-corrected chi connectivity index (χ1v) is 10.4. The van der Waals surface area contributed by atoms with Gasteiger partial charge in [0.1, 0.15) is 12.7 Å². The minimum atomic E-state index is -0.00548. The number of rotatable bonds is 4. The molecule has 0 bridgehead atoms. The number of carbonyl (C=O) groups is 1. The van der Waals surface area contributed by atoms with Crippen LogP contribution in [0.1, 0.15) is 15.9 Å². The van der Waals surface area contributed by atoms with Crippen molar-refractivity contribution in [2.45, 2.75) is 0 Å². The molecular formula is C27H18N4O. The fraction of sp³-hybridized carbons (Fsp3) is 0. The number of para-hydroxylation sites is 4. The van der Waals surface area contributed by atoms with Crippen LogP contribution in [0.3, 0.4) is 0 Å². The number of hydrogen-bond donors (Lipinski definition) is 0. The van der Waals surface area contributed by atoms with Crippen molar-refractivity contribution in [3.05, 3.63) is 121 Å². The molecule has 0 N–H and O–H groups in total. The fourth-order valence-electron chi connectivity index (χ4n) is 4.04. The van der Waals surface area contributed by atoms with E-state index in [2.05, 4.69) is 9.97 Å². The fourth-order valence-corrected chi connectivity index (χ4v) is 4.04. The second-order valence-electron chi connectivity index (χ2n) is 7.63. The van der Waals surface area contributed by atoms with Crippen molar-refractivity contribution in [2.24, 2.45) is 0 Å². The number of carbonyl (C=O) groups excluding carboxylic acids is 1. The topological polar surface area (TPSA) is 52.7 Å². The smallest absolute Gasteiger partial charge is 0.193 e. The number of aromatic nitrogens is 4. The van der Waals surface area contributed by atoms with Crippen LogP contribution >= 0.6 is 0 Å². The Morgan fingerprint density at radius 3 is 1.38 bits per heavy atom. The van der Waals surface area contributed by atoms with Gasteiger partial charge < -0.3 is 0 Å². The number of nitrogens with zero attached hydrogens (tertiary/aromatic N) is 4. The zero-order valence-electron chi connectivity index (χ0n) is 17.1. The summed E-state index contributed by atoms with van der Waals surface area (Å²) in [6.07, 6.45) is 3.61. The highest BCUT2D eigenvalue weighted by Crippen LogP contribution is 2.21. The Morgan fingerprint density at radius 1 is 0.531 bits per heavy atom. The average molecular weight is 414 g/mol. The Kier molecular flexibility index (Phi) is 4.18. The molecule has 152 valence electrons. The van der Waals surface area contributed by atoms with Gasteiger partial charge in [-0.05, 0) is 72.8 Å². The van der Waals surface area contributed by atoms with Crippen LogP contribution in [0.4, 0.5) is 0 Å². The molecule has 0 aliphatic heterocycles. The first-order chi connectivity index (χ1) is 15.8. The highest BCUT2D eigenvalue weighted by atomic mass is 16.1. The van der Waals surface area contributed by atoms with E-state index in [9.17, 15) is 4.79 Å². The summed E-state index contributed by atoms with van der Waals surface area (Å²) in [4.78, 5) is 21.9. The molecule has 0 aliphatic carbocycles. The van der Waals surface area contributed by atoms with Gasteiger partial charge in [0.05, 0.1) is 22.1 Å². The summed E-state index contributed by atoms with van der Waals surface area (Å²) in [5.41, 5.74) is 7.20. The van der Waals surface area contributed by atoms with Crippen LogP contribution in [-0.2, 0) is 0 Å². The van der Waals surface area contributed by atoms with Gasteiger partial charge in [-0.15, -0.1) is 0 Å². The maximum Gasteiger partial charge on any atom is 0.193 e. The van der Waals surface area contributed by atoms with Crippen LogP contribution < -0.4 is 0 Å². The second-order valence-corrected chi connectivity index (χ2v) is 7.63. The van der Waals surface area contributed by atoms with Gasteiger partial charge in [-0.3, -0.25) is 13.9 Å². The van der Waals surface area contributed by atoms with E-state index >= 15 is 0 Å². The molecule has 0 aliphatic rings. The van der Waals surface area contributed by atoms with Crippen molar-refractivity contribution in [2.75, 3.05) is 0 Å². The third-order valence-corrected chi connectivity index (χ3v) is 5.72. The molecule has 0 saturated heterocycles. The molecule has 4 aromatic carbocycles. The lowest BCUT2D eigenvalue weighted by molar-refractivity contribution is 0.103. The Bertz CT molecular complexity index is 1450. The first-order valence-electron chi connectivity index (χ1n) is 10.4. The van der Waals surface area contributed by atoms with Crippen molar-refractivity contribution >= 4 is 27.9 Å². The van der Waals surface area contributed by atoms with Gasteiger partial charge >= 0.3 is 0 Å². The highest BCUT2D eigenvalue weighted by molar-refractivity contribution is 6.09. The molecule has 32 heavy (non-hydrogen) atoms. The number of fused-ring (bicyclic) bond motifs is 2. The molecule has 2 heterocycles. The average Bonchev–Trinajstić information content (AvgIpc) is 3.48. The van der Waals surface area contributed by atoms with Gasteiger partial charge in [0, 0.05) is 22.5 Å². The Hall–Kier alpha value is -4.51. The van der Waals surface area contributed by atoms with Gasteiger partial charge in [0.25, 0.3) is 0 Å².